The van der Waals surface area contributed by atoms with E-state index in [4.69, 9.17) is 4.74 Å². The first kappa shape index (κ1) is 14.2. The second-order valence-electron chi connectivity index (χ2n) is 4.77. The third kappa shape index (κ3) is 4.14. The zero-order valence-electron chi connectivity index (χ0n) is 11.2. The minimum absolute atomic E-state index is 0.0481. The molecule has 0 aromatic heterocycles. The summed E-state index contributed by atoms with van der Waals surface area (Å²) in [5.41, 5.74) is 0.810. The summed E-state index contributed by atoms with van der Waals surface area (Å²) in [6, 6.07) is 4.55. The number of hydrogen-bond donors (Lipinski definition) is 1. The molecule has 5 heteroatoms. The maximum atomic E-state index is 12.5. The van der Waals surface area contributed by atoms with Crippen molar-refractivity contribution < 1.29 is 13.5 Å². The third-order valence-corrected chi connectivity index (χ3v) is 3.33. The molecule has 1 aromatic carbocycles. The minimum atomic E-state index is -2.42. The van der Waals surface area contributed by atoms with Crippen LogP contribution in [0.15, 0.2) is 18.2 Å². The van der Waals surface area contributed by atoms with Gasteiger partial charge in [-0.25, -0.2) is 8.78 Å². The van der Waals surface area contributed by atoms with E-state index in [0.29, 0.717) is 12.4 Å². The minimum Gasteiger partial charge on any atom is -0.492 e. The van der Waals surface area contributed by atoms with E-state index in [2.05, 4.69) is 10.2 Å². The molecule has 0 spiro atoms. The predicted molar refractivity (Wildman–Crippen MR) is 70.9 cm³/mol. The van der Waals surface area contributed by atoms with Gasteiger partial charge < -0.3 is 10.1 Å². The van der Waals surface area contributed by atoms with Crippen LogP contribution < -0.4 is 10.1 Å². The molecule has 0 unspecified atom stereocenters. The van der Waals surface area contributed by atoms with Crippen molar-refractivity contribution in [3.63, 3.8) is 0 Å². The van der Waals surface area contributed by atoms with Gasteiger partial charge in [-0.1, -0.05) is 0 Å². The Morgan fingerprint density at radius 3 is 2.68 bits per heavy atom. The average molecular weight is 270 g/mol. The van der Waals surface area contributed by atoms with Gasteiger partial charge in [0.1, 0.15) is 12.4 Å². The standard InChI is InChI=1S/C14H20F2N2O/c1-11-10-12(14(15)16)2-3-13(11)19-9-8-18-6-4-17-5-7-18/h2-3,10,14,17H,4-9H2,1H3. The quantitative estimate of drug-likeness (QED) is 0.888. The first-order valence-electron chi connectivity index (χ1n) is 6.61. The summed E-state index contributed by atoms with van der Waals surface area (Å²) in [4.78, 5) is 2.33. The topological polar surface area (TPSA) is 24.5 Å². The van der Waals surface area contributed by atoms with Crippen LogP contribution >= 0.6 is 0 Å². The van der Waals surface area contributed by atoms with Crippen LogP contribution in [0.3, 0.4) is 0 Å². The number of hydrogen-bond acceptors (Lipinski definition) is 3. The molecule has 1 aliphatic heterocycles. The van der Waals surface area contributed by atoms with Gasteiger partial charge in [0, 0.05) is 38.3 Å². The fourth-order valence-electron chi connectivity index (χ4n) is 2.19. The van der Waals surface area contributed by atoms with Gasteiger partial charge >= 0.3 is 0 Å². The Morgan fingerprint density at radius 2 is 2.05 bits per heavy atom. The SMILES string of the molecule is Cc1cc(C(F)F)ccc1OCCN1CCNCC1. The van der Waals surface area contributed by atoms with Crippen LogP contribution in [0.1, 0.15) is 17.6 Å². The van der Waals surface area contributed by atoms with Gasteiger partial charge in [0.15, 0.2) is 0 Å². The van der Waals surface area contributed by atoms with Crippen LogP contribution in [0.2, 0.25) is 0 Å². The summed E-state index contributed by atoms with van der Waals surface area (Å²) in [6.07, 6.45) is -2.42. The fourth-order valence-corrected chi connectivity index (χ4v) is 2.19. The number of nitrogens with one attached hydrogen (secondary N) is 1. The van der Waals surface area contributed by atoms with E-state index in [1.807, 2.05) is 0 Å². The van der Waals surface area contributed by atoms with Crippen molar-refractivity contribution in [1.29, 1.82) is 0 Å². The van der Waals surface area contributed by atoms with E-state index < -0.39 is 6.43 Å². The highest BCUT2D eigenvalue weighted by Crippen LogP contribution is 2.25. The molecule has 19 heavy (non-hydrogen) atoms. The summed E-state index contributed by atoms with van der Waals surface area (Å²) < 4.78 is 30.7. The molecule has 1 aliphatic rings. The average Bonchev–Trinajstić information content (AvgIpc) is 2.41. The van der Waals surface area contributed by atoms with Crippen molar-refractivity contribution in [1.82, 2.24) is 10.2 Å². The Labute approximate surface area is 112 Å². The van der Waals surface area contributed by atoms with Gasteiger partial charge in [0.05, 0.1) is 0 Å². The van der Waals surface area contributed by atoms with Gasteiger partial charge in [-0.15, -0.1) is 0 Å². The van der Waals surface area contributed by atoms with E-state index in [-0.39, 0.29) is 5.56 Å². The molecule has 1 N–H and O–H groups in total. The maximum Gasteiger partial charge on any atom is 0.263 e. The largest absolute Gasteiger partial charge is 0.492 e. The number of halogens is 2. The molecule has 106 valence electrons. The lowest BCUT2D eigenvalue weighted by Crippen LogP contribution is -2.44. The highest BCUT2D eigenvalue weighted by molar-refractivity contribution is 5.36. The smallest absolute Gasteiger partial charge is 0.263 e. The van der Waals surface area contributed by atoms with Gasteiger partial charge in [-0.3, -0.25) is 4.90 Å². The first-order chi connectivity index (χ1) is 9.16. The molecule has 1 heterocycles. The van der Waals surface area contributed by atoms with Crippen molar-refractivity contribution in [2.24, 2.45) is 0 Å². The molecule has 1 saturated heterocycles. The number of ether oxygens (including phenoxy) is 1. The molecule has 0 radical (unpaired) electrons. The number of nitrogens with zero attached hydrogens (tertiary/aromatic N) is 1. The maximum absolute atomic E-state index is 12.5. The molecule has 0 atom stereocenters. The second-order valence-corrected chi connectivity index (χ2v) is 4.77. The molecule has 0 bridgehead atoms. The van der Waals surface area contributed by atoms with Crippen LogP contribution in [-0.4, -0.2) is 44.2 Å². The summed E-state index contributed by atoms with van der Waals surface area (Å²) in [5, 5.41) is 3.30. The Hall–Kier alpha value is -1.20. The zero-order chi connectivity index (χ0) is 13.7. The van der Waals surface area contributed by atoms with E-state index in [0.717, 1.165) is 38.3 Å². The number of alkyl halides is 2. The molecule has 0 amide bonds. The second kappa shape index (κ2) is 6.82. The van der Waals surface area contributed by atoms with Gasteiger partial charge in [-0.2, -0.15) is 0 Å². The lowest BCUT2D eigenvalue weighted by Gasteiger charge is -2.27. The Balaban J connectivity index is 1.82. The molecule has 0 aliphatic carbocycles. The predicted octanol–water partition coefficient (Wildman–Crippen LogP) is 2.22. The first-order valence-corrected chi connectivity index (χ1v) is 6.61. The summed E-state index contributed by atoms with van der Waals surface area (Å²) in [5.74, 6) is 0.694. The van der Waals surface area contributed by atoms with Crippen LogP contribution in [0, 0.1) is 6.92 Å². The lowest BCUT2D eigenvalue weighted by molar-refractivity contribution is 0.151. The highest BCUT2D eigenvalue weighted by atomic mass is 19.3. The Morgan fingerprint density at radius 1 is 1.32 bits per heavy atom. The Kier molecular flexibility index (Phi) is 5.10. The monoisotopic (exact) mass is 270 g/mol. The highest BCUT2D eigenvalue weighted by Gasteiger charge is 2.11. The molecule has 0 saturated carbocycles. The van der Waals surface area contributed by atoms with Crippen LogP contribution in [0.4, 0.5) is 8.78 Å². The number of rotatable bonds is 5. The molecular weight excluding hydrogens is 250 g/mol. The summed E-state index contributed by atoms with van der Waals surface area (Å²) in [7, 11) is 0. The van der Waals surface area contributed by atoms with Crippen LogP contribution in [-0.2, 0) is 0 Å². The van der Waals surface area contributed by atoms with Crippen LogP contribution in [0.5, 0.6) is 5.75 Å². The van der Waals surface area contributed by atoms with E-state index >= 15 is 0 Å². The molecule has 1 fully saturated rings. The van der Waals surface area contributed by atoms with Gasteiger partial charge in [0.25, 0.3) is 6.43 Å². The van der Waals surface area contributed by atoms with E-state index in [1.54, 1.807) is 13.0 Å². The number of aryl methyl sites for hydroxylation is 1. The van der Waals surface area contributed by atoms with E-state index in [9.17, 15) is 8.78 Å². The summed E-state index contributed by atoms with van der Waals surface area (Å²) >= 11 is 0. The van der Waals surface area contributed by atoms with Crippen molar-refractivity contribution in [3.05, 3.63) is 29.3 Å². The van der Waals surface area contributed by atoms with E-state index in [1.165, 1.54) is 12.1 Å². The molecule has 1 aromatic rings. The number of benzene rings is 1. The van der Waals surface area contributed by atoms with Crippen LogP contribution in [0.25, 0.3) is 0 Å². The third-order valence-electron chi connectivity index (χ3n) is 3.33. The van der Waals surface area contributed by atoms with Crippen molar-refractivity contribution in [2.45, 2.75) is 13.3 Å². The molecular formula is C14H20F2N2O. The Bertz CT molecular complexity index is 406. The van der Waals surface area contributed by atoms with Gasteiger partial charge in [-0.05, 0) is 30.7 Å². The molecule has 2 rings (SSSR count). The van der Waals surface area contributed by atoms with Crippen molar-refractivity contribution in [3.8, 4) is 5.75 Å². The summed E-state index contributed by atoms with van der Waals surface area (Å²) in [6.45, 7) is 7.36. The van der Waals surface area contributed by atoms with Crippen molar-refractivity contribution in [2.75, 3.05) is 39.3 Å². The normalized spacial score (nSPS) is 16.8. The molecule has 3 nitrogen and oxygen atoms in total. The van der Waals surface area contributed by atoms with Gasteiger partial charge in [0.2, 0.25) is 0 Å². The lowest BCUT2D eigenvalue weighted by atomic mass is 10.1. The van der Waals surface area contributed by atoms with Crippen molar-refractivity contribution >= 4 is 0 Å². The number of piperazine rings is 1. The fraction of sp³-hybridized carbons (Fsp3) is 0.571. The zero-order valence-corrected chi connectivity index (χ0v) is 11.2.